The fourth-order valence-corrected chi connectivity index (χ4v) is 5.12. The minimum Gasteiger partial charge on any atom is -0.493 e. The molecule has 0 unspecified atom stereocenters. The van der Waals surface area contributed by atoms with Crippen LogP contribution in [0.15, 0.2) is 59.7 Å². The van der Waals surface area contributed by atoms with Gasteiger partial charge in [-0.1, -0.05) is 61.3 Å². The lowest BCUT2D eigenvalue weighted by Crippen LogP contribution is -2.33. The molecule has 0 saturated carbocycles. The van der Waals surface area contributed by atoms with Crippen molar-refractivity contribution in [3.63, 3.8) is 0 Å². The molecule has 0 radical (unpaired) electrons. The molecule has 0 saturated heterocycles. The van der Waals surface area contributed by atoms with Crippen LogP contribution in [-0.2, 0) is 0 Å². The molecule has 3 aromatic rings. The zero-order chi connectivity index (χ0) is 24.0. The van der Waals surface area contributed by atoms with E-state index in [0.29, 0.717) is 39.6 Å². The van der Waals surface area contributed by atoms with Crippen LogP contribution < -0.4 is 14.2 Å². The Kier molecular flexibility index (Phi) is 6.09. The Morgan fingerprint density at radius 3 is 2.38 bits per heavy atom. The van der Waals surface area contributed by atoms with Crippen molar-refractivity contribution in [1.29, 1.82) is 0 Å². The predicted octanol–water partition coefficient (Wildman–Crippen LogP) is 7.38. The summed E-state index contributed by atoms with van der Waals surface area (Å²) in [4.78, 5) is 0. The van der Waals surface area contributed by atoms with Gasteiger partial charge in [0.2, 0.25) is 6.23 Å². The summed E-state index contributed by atoms with van der Waals surface area (Å²) in [5.74, 6) is 2.45. The lowest BCUT2D eigenvalue weighted by Gasteiger charge is -2.38. The largest absolute Gasteiger partial charge is 0.493 e. The molecule has 5 nitrogen and oxygen atoms in total. The SMILES string of the molecule is COc1ccc(C2=NN3[C@@H](C2)c2cc(Cl)cc(Cl)c2O[C@H]3c2ccc(C(C)C)cc2)cc1OC. The molecule has 34 heavy (non-hydrogen) atoms. The predicted molar refractivity (Wildman–Crippen MR) is 136 cm³/mol. The summed E-state index contributed by atoms with van der Waals surface area (Å²) in [6.07, 6.45) is 0.276. The third-order valence-electron chi connectivity index (χ3n) is 6.41. The molecule has 0 aromatic heterocycles. The lowest BCUT2D eigenvalue weighted by molar-refractivity contribution is -0.0189. The van der Waals surface area contributed by atoms with E-state index in [1.54, 1.807) is 20.3 Å². The first kappa shape index (κ1) is 22.9. The van der Waals surface area contributed by atoms with Gasteiger partial charge < -0.3 is 14.2 Å². The van der Waals surface area contributed by atoms with E-state index in [2.05, 4.69) is 38.1 Å². The van der Waals surface area contributed by atoms with E-state index in [1.165, 1.54) is 5.56 Å². The Labute approximate surface area is 209 Å². The molecule has 0 aliphatic carbocycles. The third kappa shape index (κ3) is 3.97. The number of hydrogen-bond donors (Lipinski definition) is 0. The standard InChI is InChI=1S/C27H26Cl2N2O3/c1-15(2)16-5-7-17(8-6-16)27-31-23(20-12-19(28)13-21(29)26(20)34-27)14-22(30-31)18-9-10-24(32-3)25(11-18)33-4/h5-13,15,23,27H,14H2,1-4H3/t23-,27-/m0/s1. The zero-order valence-electron chi connectivity index (χ0n) is 19.5. The maximum atomic E-state index is 6.59. The van der Waals surface area contributed by atoms with E-state index < -0.39 is 6.23 Å². The Bertz CT molecular complexity index is 1260. The fraction of sp³-hybridized carbons (Fsp3) is 0.296. The van der Waals surface area contributed by atoms with Gasteiger partial charge in [-0.05, 0) is 41.8 Å². The highest BCUT2D eigenvalue weighted by molar-refractivity contribution is 6.35. The van der Waals surface area contributed by atoms with Gasteiger partial charge in [0.05, 0.1) is 31.0 Å². The molecule has 7 heteroatoms. The van der Waals surface area contributed by atoms with E-state index in [-0.39, 0.29) is 6.04 Å². The van der Waals surface area contributed by atoms with Gasteiger partial charge in [0.15, 0.2) is 11.5 Å². The van der Waals surface area contributed by atoms with Gasteiger partial charge in [-0.2, -0.15) is 5.10 Å². The Balaban J connectivity index is 1.59. The summed E-state index contributed by atoms with van der Waals surface area (Å²) < 4.78 is 17.4. The lowest BCUT2D eigenvalue weighted by atomic mass is 9.95. The Hall–Kier alpha value is -2.89. The van der Waals surface area contributed by atoms with Crippen molar-refractivity contribution in [2.24, 2.45) is 5.10 Å². The summed E-state index contributed by atoms with van der Waals surface area (Å²) in [6, 6.07) is 17.9. The van der Waals surface area contributed by atoms with Crippen molar-refractivity contribution in [3.05, 3.63) is 86.9 Å². The average Bonchev–Trinajstić information content (AvgIpc) is 3.29. The van der Waals surface area contributed by atoms with Crippen LogP contribution in [0.5, 0.6) is 17.2 Å². The van der Waals surface area contributed by atoms with Gasteiger partial charge in [0, 0.05) is 28.1 Å². The first-order valence-corrected chi connectivity index (χ1v) is 12.0. The molecule has 0 bridgehead atoms. The molecule has 2 aliphatic rings. The topological polar surface area (TPSA) is 43.3 Å². The van der Waals surface area contributed by atoms with Crippen LogP contribution in [0.3, 0.4) is 0 Å². The van der Waals surface area contributed by atoms with Crippen molar-refractivity contribution < 1.29 is 14.2 Å². The molecule has 0 N–H and O–H groups in total. The first-order valence-electron chi connectivity index (χ1n) is 11.2. The molecule has 0 amide bonds. The van der Waals surface area contributed by atoms with Gasteiger partial charge in [-0.15, -0.1) is 0 Å². The number of nitrogens with zero attached hydrogens (tertiary/aromatic N) is 2. The summed E-state index contributed by atoms with van der Waals surface area (Å²) in [6.45, 7) is 4.37. The number of rotatable bonds is 5. The smallest absolute Gasteiger partial charge is 0.213 e. The van der Waals surface area contributed by atoms with Gasteiger partial charge in [0.1, 0.15) is 5.75 Å². The quantitative estimate of drug-likeness (QED) is 0.369. The van der Waals surface area contributed by atoms with Crippen molar-refractivity contribution >= 4 is 28.9 Å². The second-order valence-corrected chi connectivity index (χ2v) is 9.66. The molecule has 3 aromatic carbocycles. The third-order valence-corrected chi connectivity index (χ3v) is 6.91. The molecule has 2 aliphatic heterocycles. The van der Waals surface area contributed by atoms with Crippen LogP contribution in [0, 0.1) is 0 Å². The maximum absolute atomic E-state index is 6.59. The van der Waals surface area contributed by atoms with Crippen molar-refractivity contribution in [1.82, 2.24) is 5.01 Å². The van der Waals surface area contributed by atoms with E-state index in [9.17, 15) is 0 Å². The van der Waals surface area contributed by atoms with Gasteiger partial charge in [0.25, 0.3) is 0 Å². The van der Waals surface area contributed by atoms with Crippen LogP contribution >= 0.6 is 23.2 Å². The molecule has 5 rings (SSSR count). The zero-order valence-corrected chi connectivity index (χ0v) is 21.0. The molecule has 176 valence electrons. The highest BCUT2D eigenvalue weighted by atomic mass is 35.5. The molecular formula is C27H26Cl2N2O3. The van der Waals surface area contributed by atoms with E-state index in [4.69, 9.17) is 42.5 Å². The molecular weight excluding hydrogens is 471 g/mol. The maximum Gasteiger partial charge on any atom is 0.213 e. The van der Waals surface area contributed by atoms with E-state index >= 15 is 0 Å². The number of fused-ring (bicyclic) bond motifs is 3. The van der Waals surface area contributed by atoms with Gasteiger partial charge in [-0.3, -0.25) is 0 Å². The highest BCUT2D eigenvalue weighted by Gasteiger charge is 2.42. The summed E-state index contributed by atoms with van der Waals surface area (Å²) >= 11 is 13.0. The van der Waals surface area contributed by atoms with E-state index in [0.717, 1.165) is 22.4 Å². The van der Waals surface area contributed by atoms with Crippen LogP contribution in [0.25, 0.3) is 0 Å². The summed E-state index contributed by atoms with van der Waals surface area (Å²) in [7, 11) is 3.26. The summed E-state index contributed by atoms with van der Waals surface area (Å²) in [5.41, 5.74) is 5.13. The highest BCUT2D eigenvalue weighted by Crippen LogP contribution is 2.51. The molecule has 2 heterocycles. The fourth-order valence-electron chi connectivity index (χ4n) is 4.57. The second kappa shape index (κ2) is 9.05. The molecule has 0 fully saturated rings. The van der Waals surface area contributed by atoms with Crippen molar-refractivity contribution in [2.75, 3.05) is 14.2 Å². The Morgan fingerprint density at radius 1 is 0.971 bits per heavy atom. The average molecular weight is 497 g/mol. The van der Waals surface area contributed by atoms with Gasteiger partial charge >= 0.3 is 0 Å². The van der Waals surface area contributed by atoms with Crippen LogP contribution in [-0.4, -0.2) is 24.9 Å². The van der Waals surface area contributed by atoms with Crippen LogP contribution in [0.2, 0.25) is 10.0 Å². The molecule has 2 atom stereocenters. The number of ether oxygens (including phenoxy) is 3. The van der Waals surface area contributed by atoms with Gasteiger partial charge in [-0.25, -0.2) is 5.01 Å². The minimum absolute atomic E-state index is 0.0576. The minimum atomic E-state index is -0.407. The number of halogens is 2. The van der Waals surface area contributed by atoms with Crippen LogP contribution in [0.4, 0.5) is 0 Å². The number of hydrazone groups is 1. The normalized spacial score (nSPS) is 18.8. The number of hydrogen-bond acceptors (Lipinski definition) is 5. The second-order valence-electron chi connectivity index (χ2n) is 8.81. The first-order chi connectivity index (χ1) is 16.4. The van der Waals surface area contributed by atoms with Crippen LogP contribution in [0.1, 0.15) is 60.7 Å². The molecule has 0 spiro atoms. The van der Waals surface area contributed by atoms with E-state index in [1.807, 2.05) is 29.3 Å². The van der Waals surface area contributed by atoms with Crippen molar-refractivity contribution in [2.45, 2.75) is 38.5 Å². The Morgan fingerprint density at radius 2 is 1.71 bits per heavy atom. The van der Waals surface area contributed by atoms with Crippen molar-refractivity contribution in [3.8, 4) is 17.2 Å². The summed E-state index contributed by atoms with van der Waals surface area (Å²) in [5, 5.41) is 8.13. The monoisotopic (exact) mass is 496 g/mol. The number of methoxy groups -OCH3 is 2. The number of benzene rings is 3.